The second-order valence-electron chi connectivity index (χ2n) is 28.4. The molecule has 0 heterocycles. The Bertz CT molecular complexity index is 6360. The van der Waals surface area contributed by atoms with Crippen LogP contribution < -0.4 is 0 Å². The fraction of sp³-hybridized carbons (Fsp3) is 0.0612. The lowest BCUT2D eigenvalue weighted by Gasteiger charge is -2.24. The van der Waals surface area contributed by atoms with Crippen molar-refractivity contribution < 1.29 is 0 Å². The Morgan fingerprint density at radius 1 is 0.153 bits per heavy atom. The third-order valence-electron chi connectivity index (χ3n) is 22.0. The van der Waals surface area contributed by atoms with E-state index >= 15 is 0 Å². The van der Waals surface area contributed by atoms with Gasteiger partial charge in [0.2, 0.25) is 0 Å². The zero-order chi connectivity index (χ0) is 65.4. The van der Waals surface area contributed by atoms with E-state index in [2.05, 4.69) is 367 Å². The summed E-state index contributed by atoms with van der Waals surface area (Å²) in [6, 6.07) is 126. The Hall–Kier alpha value is -12.0. The van der Waals surface area contributed by atoms with Crippen molar-refractivity contribution >= 4 is 86.2 Å². The molecule has 18 aromatic rings. The van der Waals surface area contributed by atoms with Gasteiger partial charge in [-0.05, 0) is 264 Å². The van der Waals surface area contributed by atoms with E-state index in [1.807, 2.05) is 0 Å². The molecule has 0 N–H and O–H groups in total. The van der Waals surface area contributed by atoms with Gasteiger partial charge >= 0.3 is 0 Å². The minimum Gasteiger partial charge on any atom is -0.0616 e. The average Bonchev–Trinajstić information content (AvgIpc) is 1.56. The lowest BCUT2D eigenvalue weighted by molar-refractivity contribution is 0.666. The third kappa shape index (κ3) is 9.42. The van der Waals surface area contributed by atoms with Gasteiger partial charge in [0, 0.05) is 10.8 Å². The van der Waals surface area contributed by atoms with Gasteiger partial charge in [-0.25, -0.2) is 0 Å². The first-order chi connectivity index (χ1) is 48.0. The van der Waals surface area contributed by atoms with Gasteiger partial charge < -0.3 is 0 Å². The van der Waals surface area contributed by atoms with Gasteiger partial charge in [-0.2, -0.15) is 0 Å². The highest BCUT2D eigenvalue weighted by atomic mass is 14.4. The molecular formula is C98H68. The third-order valence-corrected chi connectivity index (χ3v) is 22.0. The highest BCUT2D eigenvalue weighted by Gasteiger charge is 2.39. The van der Waals surface area contributed by atoms with Crippen molar-refractivity contribution in [3.8, 4) is 89.0 Å². The van der Waals surface area contributed by atoms with Crippen LogP contribution in [0.4, 0.5) is 0 Å². The fourth-order valence-corrected chi connectivity index (χ4v) is 16.9. The first-order valence-electron chi connectivity index (χ1n) is 34.5. The molecule has 0 unspecified atom stereocenters. The molecule has 0 saturated carbocycles. The predicted octanol–water partition coefficient (Wildman–Crippen LogP) is 27.2. The molecule has 0 heteroatoms. The fourth-order valence-electron chi connectivity index (χ4n) is 16.9. The van der Waals surface area contributed by atoms with Crippen LogP contribution in [0.2, 0.25) is 0 Å². The Morgan fingerprint density at radius 2 is 0.439 bits per heavy atom. The number of benzene rings is 18. The molecule has 18 aromatic carbocycles. The highest BCUT2D eigenvalue weighted by Crippen LogP contribution is 2.55. The zero-order valence-corrected chi connectivity index (χ0v) is 55.3. The Balaban J connectivity index is 0.000000137. The van der Waals surface area contributed by atoms with Crippen LogP contribution in [0, 0.1) is 0 Å². The molecule has 0 aromatic heterocycles. The standard InChI is InChI=1S/2C49H34/c1-49(2)47-30-38(22-23-44(47)45-24-21-32-10-5-8-14-43(32)48(45)49)41-28-39-12-6-7-13-42(39)46(29-41)40-20-19-36-26-35(17-18-37(36)27-40)34-16-15-31-9-3-4-11-33(31)25-34;1-49(2)47-30-39(38-19-18-36-27-35(16-17-37(36)28-38)34-15-14-31-8-3-4-10-33(31)26-34)20-24-45(47)46-25-22-41-29-40(21-23-44(41)48(46)49)43-13-7-11-32-9-5-6-12-42(32)43/h2*3-30H,1-2H3. The SMILES string of the molecule is CC1(C)c2cc(-c3cc(-c4ccc5cc(-c6ccc7ccccc7c6)ccc5c4)c4ccccc4c3)ccc2-c2ccc3ccccc3c21.CC1(C)c2cc(-c3ccc4cc(-c5ccc6ccccc6c5)ccc4c3)ccc2-c2ccc3cc(-c4cccc5ccccc45)ccc3c21. The van der Waals surface area contributed by atoms with Crippen LogP contribution in [0.25, 0.3) is 175 Å². The van der Waals surface area contributed by atoms with Gasteiger partial charge in [-0.1, -0.05) is 301 Å². The molecule has 0 fully saturated rings. The Morgan fingerprint density at radius 3 is 0.969 bits per heavy atom. The van der Waals surface area contributed by atoms with E-state index in [9.17, 15) is 0 Å². The average molecular weight is 1250 g/mol. The molecule has 0 atom stereocenters. The monoisotopic (exact) mass is 1240 g/mol. The molecule has 0 amide bonds. The Labute approximate surface area is 572 Å². The minimum atomic E-state index is -0.118. The summed E-state index contributed by atoms with van der Waals surface area (Å²) < 4.78 is 0. The number of hydrogen-bond donors (Lipinski definition) is 0. The first kappa shape index (κ1) is 57.5. The molecule has 2 aliphatic carbocycles. The van der Waals surface area contributed by atoms with Crippen molar-refractivity contribution in [3.63, 3.8) is 0 Å². The van der Waals surface area contributed by atoms with Crippen molar-refractivity contribution in [2.75, 3.05) is 0 Å². The van der Waals surface area contributed by atoms with Crippen LogP contribution in [0.3, 0.4) is 0 Å². The summed E-state index contributed by atoms with van der Waals surface area (Å²) in [4.78, 5) is 0. The van der Waals surface area contributed by atoms with Gasteiger partial charge in [-0.15, -0.1) is 0 Å². The number of hydrogen-bond acceptors (Lipinski definition) is 0. The van der Waals surface area contributed by atoms with E-state index in [0.717, 1.165) is 0 Å². The van der Waals surface area contributed by atoms with Crippen LogP contribution in [-0.4, -0.2) is 0 Å². The maximum Gasteiger partial charge on any atom is 0.0165 e. The van der Waals surface area contributed by atoms with Gasteiger partial charge in [0.1, 0.15) is 0 Å². The lowest BCUT2D eigenvalue weighted by Crippen LogP contribution is -2.15. The molecule has 0 radical (unpaired) electrons. The van der Waals surface area contributed by atoms with E-state index in [0.29, 0.717) is 0 Å². The second kappa shape index (κ2) is 22.3. The maximum absolute atomic E-state index is 2.45. The molecule has 0 spiro atoms. The quantitative estimate of drug-likeness (QED) is 0.156. The van der Waals surface area contributed by atoms with E-state index in [-0.39, 0.29) is 10.8 Å². The first-order valence-corrected chi connectivity index (χ1v) is 34.5. The van der Waals surface area contributed by atoms with E-state index in [4.69, 9.17) is 0 Å². The summed E-state index contributed by atoms with van der Waals surface area (Å²) in [5.41, 5.74) is 26.0. The van der Waals surface area contributed by atoms with Crippen molar-refractivity contribution in [1.29, 1.82) is 0 Å². The van der Waals surface area contributed by atoms with Gasteiger partial charge in [0.15, 0.2) is 0 Å². The molecule has 0 bridgehead atoms. The molecule has 98 heavy (non-hydrogen) atoms. The summed E-state index contributed by atoms with van der Waals surface area (Å²) >= 11 is 0. The predicted molar refractivity (Wildman–Crippen MR) is 421 cm³/mol. The van der Waals surface area contributed by atoms with Crippen LogP contribution in [0.15, 0.2) is 340 Å². The highest BCUT2D eigenvalue weighted by molar-refractivity contribution is 6.06. The summed E-state index contributed by atoms with van der Waals surface area (Å²) in [7, 11) is 0. The minimum absolute atomic E-state index is 0.0920. The Kier molecular flexibility index (Phi) is 13.1. The molecule has 0 nitrogen and oxygen atoms in total. The van der Waals surface area contributed by atoms with Gasteiger partial charge in [-0.3, -0.25) is 0 Å². The van der Waals surface area contributed by atoms with Crippen LogP contribution in [0.5, 0.6) is 0 Å². The summed E-state index contributed by atoms with van der Waals surface area (Å²) in [5.74, 6) is 0. The van der Waals surface area contributed by atoms with Crippen molar-refractivity contribution in [2.45, 2.75) is 38.5 Å². The molecular weight excluding hydrogens is 1180 g/mol. The lowest BCUT2D eigenvalue weighted by atomic mass is 9.79. The summed E-state index contributed by atoms with van der Waals surface area (Å²) in [6.45, 7) is 9.57. The van der Waals surface area contributed by atoms with Crippen LogP contribution in [0.1, 0.15) is 49.9 Å². The molecule has 20 rings (SSSR count). The normalized spacial score (nSPS) is 13.3. The molecule has 460 valence electrons. The van der Waals surface area contributed by atoms with E-state index in [1.54, 1.807) is 0 Å². The van der Waals surface area contributed by atoms with Gasteiger partial charge in [0.25, 0.3) is 0 Å². The molecule has 2 aliphatic rings. The van der Waals surface area contributed by atoms with Crippen LogP contribution in [-0.2, 0) is 10.8 Å². The van der Waals surface area contributed by atoms with Crippen LogP contribution >= 0.6 is 0 Å². The van der Waals surface area contributed by atoms with E-state index in [1.165, 1.54) is 197 Å². The van der Waals surface area contributed by atoms with Crippen molar-refractivity contribution in [1.82, 2.24) is 0 Å². The topological polar surface area (TPSA) is 0 Å². The van der Waals surface area contributed by atoms with Gasteiger partial charge in [0.05, 0.1) is 0 Å². The number of rotatable bonds is 6. The molecule has 0 aliphatic heterocycles. The summed E-state index contributed by atoms with van der Waals surface area (Å²) in [6.07, 6.45) is 0. The van der Waals surface area contributed by atoms with E-state index < -0.39 is 0 Å². The van der Waals surface area contributed by atoms with Crippen molar-refractivity contribution in [3.05, 3.63) is 362 Å². The smallest absolute Gasteiger partial charge is 0.0165 e. The largest absolute Gasteiger partial charge is 0.0616 e. The zero-order valence-electron chi connectivity index (χ0n) is 55.3. The van der Waals surface area contributed by atoms with Crippen molar-refractivity contribution in [2.24, 2.45) is 0 Å². The second-order valence-corrected chi connectivity index (χ2v) is 28.4. The maximum atomic E-state index is 2.45. The summed E-state index contributed by atoms with van der Waals surface area (Å²) in [5, 5.41) is 20.5. The molecule has 0 saturated heterocycles. The number of fused-ring (bicyclic) bond motifs is 16.